The molecule has 0 unspecified atom stereocenters. The molecule has 0 spiro atoms. The molecule has 0 aromatic heterocycles. The number of carbonyl (C=O) groups excluding carboxylic acids is 1. The van der Waals surface area contributed by atoms with Crippen molar-refractivity contribution in [1.82, 2.24) is 4.90 Å². The molecule has 6 nitrogen and oxygen atoms in total. The Kier molecular flexibility index (Phi) is 5.83. The number of rotatable bonds is 6. The molecule has 0 heterocycles. The Morgan fingerprint density at radius 2 is 2.04 bits per heavy atom. The highest BCUT2D eigenvalue weighted by molar-refractivity contribution is 6.34. The molecule has 0 radical (unpaired) electrons. The third-order valence-electron chi connectivity index (χ3n) is 3.25. The van der Waals surface area contributed by atoms with Gasteiger partial charge in [-0.05, 0) is 19.2 Å². The fraction of sp³-hybridized carbons (Fsp3) is 0.188. The van der Waals surface area contributed by atoms with Gasteiger partial charge in [-0.2, -0.15) is 0 Å². The largest absolute Gasteiger partial charge is 0.324 e. The van der Waals surface area contributed by atoms with Gasteiger partial charge in [0.05, 0.1) is 22.2 Å². The number of anilines is 1. The lowest BCUT2D eigenvalue weighted by Crippen LogP contribution is -2.30. The summed E-state index contributed by atoms with van der Waals surface area (Å²) >= 11 is 5.92. The van der Waals surface area contributed by atoms with E-state index in [2.05, 4.69) is 5.32 Å². The number of nitrogens with zero attached hydrogens (tertiary/aromatic N) is 2. The van der Waals surface area contributed by atoms with Crippen LogP contribution in [0.4, 0.5) is 15.8 Å². The minimum Gasteiger partial charge on any atom is -0.324 e. The van der Waals surface area contributed by atoms with Gasteiger partial charge in [0, 0.05) is 24.2 Å². The number of nitro groups is 1. The second kappa shape index (κ2) is 7.85. The van der Waals surface area contributed by atoms with Crippen molar-refractivity contribution in [3.8, 4) is 0 Å². The molecule has 0 aliphatic carbocycles. The topological polar surface area (TPSA) is 75.5 Å². The summed E-state index contributed by atoms with van der Waals surface area (Å²) in [7, 11) is 1.68. The summed E-state index contributed by atoms with van der Waals surface area (Å²) in [6.45, 7) is 0.287. The molecule has 2 rings (SSSR count). The van der Waals surface area contributed by atoms with Gasteiger partial charge in [0.2, 0.25) is 5.91 Å². The first kappa shape index (κ1) is 17.8. The van der Waals surface area contributed by atoms with Crippen molar-refractivity contribution in [3.05, 3.63) is 69.0 Å². The van der Waals surface area contributed by atoms with E-state index in [1.807, 2.05) is 0 Å². The molecule has 0 aliphatic heterocycles. The minimum atomic E-state index is -0.570. The van der Waals surface area contributed by atoms with Gasteiger partial charge in [-0.1, -0.05) is 29.8 Å². The Balaban J connectivity index is 1.95. The summed E-state index contributed by atoms with van der Waals surface area (Å²) in [5.41, 5.74) is 0.613. The zero-order valence-electron chi connectivity index (χ0n) is 12.8. The molecule has 1 amide bonds. The number of hydrogen-bond donors (Lipinski definition) is 1. The lowest BCUT2D eigenvalue weighted by atomic mass is 10.2. The highest BCUT2D eigenvalue weighted by Gasteiger charge is 2.13. The minimum absolute atomic E-state index is 0.0155. The third-order valence-corrected chi connectivity index (χ3v) is 3.56. The zero-order valence-corrected chi connectivity index (χ0v) is 13.6. The predicted molar refractivity (Wildman–Crippen MR) is 89.5 cm³/mol. The highest BCUT2D eigenvalue weighted by atomic mass is 35.5. The Morgan fingerprint density at radius 3 is 2.67 bits per heavy atom. The monoisotopic (exact) mass is 351 g/mol. The van der Waals surface area contributed by atoms with Crippen LogP contribution in [0.15, 0.2) is 42.5 Å². The second-order valence-corrected chi connectivity index (χ2v) is 5.64. The van der Waals surface area contributed by atoms with Crippen LogP contribution in [0.3, 0.4) is 0 Å². The molecular weight excluding hydrogens is 337 g/mol. The number of hydrogen-bond acceptors (Lipinski definition) is 4. The van der Waals surface area contributed by atoms with E-state index >= 15 is 0 Å². The van der Waals surface area contributed by atoms with Crippen molar-refractivity contribution in [2.45, 2.75) is 6.54 Å². The number of likely N-dealkylation sites (N-methyl/N-ethyl adjacent to an activating group) is 1. The van der Waals surface area contributed by atoms with Gasteiger partial charge in [-0.3, -0.25) is 19.8 Å². The number of halogens is 2. The summed E-state index contributed by atoms with van der Waals surface area (Å²) in [6, 6.07) is 10.1. The van der Waals surface area contributed by atoms with E-state index in [-0.39, 0.29) is 41.2 Å². The van der Waals surface area contributed by atoms with E-state index in [1.165, 1.54) is 24.3 Å². The Labute approximate surface area is 143 Å². The fourth-order valence-electron chi connectivity index (χ4n) is 2.13. The van der Waals surface area contributed by atoms with Crippen molar-refractivity contribution in [2.24, 2.45) is 0 Å². The molecule has 24 heavy (non-hydrogen) atoms. The van der Waals surface area contributed by atoms with Crippen LogP contribution in [0.1, 0.15) is 5.56 Å². The highest BCUT2D eigenvalue weighted by Crippen LogP contribution is 2.26. The van der Waals surface area contributed by atoms with Crippen molar-refractivity contribution in [2.75, 3.05) is 18.9 Å². The number of nitrogens with one attached hydrogen (secondary N) is 1. The molecule has 8 heteroatoms. The first-order valence-electron chi connectivity index (χ1n) is 7.02. The standard InChI is InChI=1S/C16H15ClFN3O3/c1-20(9-11-4-2-3-5-14(11)18)10-16(22)19-15-7-6-12(21(23)24)8-13(15)17/h2-8H,9-10H2,1H3,(H,19,22). The van der Waals surface area contributed by atoms with Crippen LogP contribution in [0.25, 0.3) is 0 Å². The maximum Gasteiger partial charge on any atom is 0.271 e. The van der Waals surface area contributed by atoms with Crippen LogP contribution >= 0.6 is 11.6 Å². The van der Waals surface area contributed by atoms with E-state index < -0.39 is 4.92 Å². The first-order chi connectivity index (χ1) is 11.4. The van der Waals surface area contributed by atoms with Crippen molar-refractivity contribution in [1.29, 1.82) is 0 Å². The van der Waals surface area contributed by atoms with Crippen LogP contribution in [-0.2, 0) is 11.3 Å². The lowest BCUT2D eigenvalue weighted by molar-refractivity contribution is -0.384. The van der Waals surface area contributed by atoms with Gasteiger partial charge < -0.3 is 5.32 Å². The van der Waals surface area contributed by atoms with Gasteiger partial charge in [0.25, 0.3) is 5.69 Å². The molecule has 1 N–H and O–H groups in total. The van der Waals surface area contributed by atoms with E-state index in [0.29, 0.717) is 5.56 Å². The number of carbonyl (C=O) groups is 1. The van der Waals surface area contributed by atoms with E-state index in [4.69, 9.17) is 11.6 Å². The van der Waals surface area contributed by atoms with Gasteiger partial charge in [0.1, 0.15) is 5.82 Å². The summed E-state index contributed by atoms with van der Waals surface area (Å²) in [5, 5.41) is 13.3. The Morgan fingerprint density at radius 1 is 1.33 bits per heavy atom. The van der Waals surface area contributed by atoms with Crippen LogP contribution in [0.2, 0.25) is 5.02 Å². The second-order valence-electron chi connectivity index (χ2n) is 5.23. The first-order valence-corrected chi connectivity index (χ1v) is 7.40. The average Bonchev–Trinajstić information content (AvgIpc) is 2.51. The average molecular weight is 352 g/mol. The normalized spacial score (nSPS) is 10.7. The number of amides is 1. The molecular formula is C16H15ClFN3O3. The maximum absolute atomic E-state index is 13.6. The van der Waals surface area contributed by atoms with Crippen LogP contribution in [0.5, 0.6) is 0 Å². The molecule has 2 aromatic carbocycles. The molecule has 0 aliphatic rings. The van der Waals surface area contributed by atoms with Crippen LogP contribution < -0.4 is 5.32 Å². The molecule has 0 saturated heterocycles. The fourth-order valence-corrected chi connectivity index (χ4v) is 2.35. The van der Waals surface area contributed by atoms with Gasteiger partial charge in [-0.25, -0.2) is 4.39 Å². The predicted octanol–water partition coefficient (Wildman–Crippen LogP) is 3.46. The van der Waals surface area contributed by atoms with Gasteiger partial charge in [0.15, 0.2) is 0 Å². The summed E-state index contributed by atoms with van der Waals surface area (Å²) in [5.74, 6) is -0.687. The van der Waals surface area contributed by atoms with Gasteiger partial charge >= 0.3 is 0 Å². The Hall–Kier alpha value is -2.51. The SMILES string of the molecule is CN(CC(=O)Nc1ccc([N+](=O)[O-])cc1Cl)Cc1ccccc1F. The number of non-ortho nitro benzene ring substituents is 1. The molecule has 0 atom stereocenters. The maximum atomic E-state index is 13.6. The van der Waals surface area contributed by atoms with Crippen LogP contribution in [0, 0.1) is 15.9 Å². The summed E-state index contributed by atoms with van der Waals surface area (Å²) in [6.07, 6.45) is 0. The number of benzene rings is 2. The molecule has 0 fully saturated rings. The summed E-state index contributed by atoms with van der Waals surface area (Å²) < 4.78 is 13.6. The lowest BCUT2D eigenvalue weighted by Gasteiger charge is -2.17. The van der Waals surface area contributed by atoms with Crippen molar-refractivity contribution >= 4 is 28.9 Å². The Bertz CT molecular complexity index is 770. The van der Waals surface area contributed by atoms with E-state index in [1.54, 1.807) is 30.1 Å². The van der Waals surface area contributed by atoms with Gasteiger partial charge in [-0.15, -0.1) is 0 Å². The quantitative estimate of drug-likeness (QED) is 0.638. The molecule has 2 aromatic rings. The van der Waals surface area contributed by atoms with Crippen LogP contribution in [-0.4, -0.2) is 29.3 Å². The molecule has 0 bridgehead atoms. The number of nitro benzene ring substituents is 1. The molecule has 126 valence electrons. The zero-order chi connectivity index (χ0) is 17.7. The summed E-state index contributed by atoms with van der Waals surface area (Å²) in [4.78, 5) is 23.8. The smallest absolute Gasteiger partial charge is 0.271 e. The molecule has 0 saturated carbocycles. The van der Waals surface area contributed by atoms with Crippen molar-refractivity contribution in [3.63, 3.8) is 0 Å². The van der Waals surface area contributed by atoms with Crippen molar-refractivity contribution < 1.29 is 14.1 Å². The third kappa shape index (κ3) is 4.74. The van der Waals surface area contributed by atoms with E-state index in [9.17, 15) is 19.3 Å². The van der Waals surface area contributed by atoms with E-state index in [0.717, 1.165) is 0 Å².